The number of benzene rings is 3. The smallest absolute Gasteiger partial charge is 0.277 e. The van der Waals surface area contributed by atoms with Gasteiger partial charge in [0.1, 0.15) is 12.4 Å². The summed E-state index contributed by atoms with van der Waals surface area (Å²) >= 11 is 15.5. The molecule has 0 spiro atoms. The molecule has 0 aliphatic heterocycles. The van der Waals surface area contributed by atoms with Gasteiger partial charge >= 0.3 is 0 Å². The van der Waals surface area contributed by atoms with Gasteiger partial charge in [0.05, 0.1) is 17.8 Å². The van der Waals surface area contributed by atoms with Crippen molar-refractivity contribution in [3.8, 4) is 17.2 Å². The highest BCUT2D eigenvalue weighted by atomic mass is 79.9. The van der Waals surface area contributed by atoms with Gasteiger partial charge < -0.3 is 14.2 Å². The summed E-state index contributed by atoms with van der Waals surface area (Å²) in [4.78, 5) is 11.9. The number of carbonyl (C=O) groups is 1. The monoisotopic (exact) mass is 536 g/mol. The summed E-state index contributed by atoms with van der Waals surface area (Å²) in [5, 5.41) is 5.18. The fraction of sp³-hybridized carbons (Fsp3) is 0.130. The molecule has 6 nitrogen and oxygen atoms in total. The number of ether oxygens (including phenoxy) is 3. The Balaban J connectivity index is 1.58. The minimum absolute atomic E-state index is 0.180. The molecule has 0 unspecified atom stereocenters. The summed E-state index contributed by atoms with van der Waals surface area (Å²) in [5.41, 5.74) is 3.97. The molecule has 0 aliphatic rings. The summed E-state index contributed by atoms with van der Waals surface area (Å²) in [5.74, 6) is 1.17. The first kappa shape index (κ1) is 23.9. The number of amides is 1. The van der Waals surface area contributed by atoms with Gasteiger partial charge in [0, 0.05) is 15.6 Å². The van der Waals surface area contributed by atoms with Gasteiger partial charge in [-0.2, -0.15) is 5.10 Å². The third-order valence-electron chi connectivity index (χ3n) is 4.17. The number of halogens is 3. The van der Waals surface area contributed by atoms with Crippen LogP contribution < -0.4 is 19.6 Å². The largest absolute Gasteiger partial charge is 0.493 e. The van der Waals surface area contributed by atoms with Gasteiger partial charge in [-0.25, -0.2) is 5.43 Å². The summed E-state index contributed by atoms with van der Waals surface area (Å²) in [6.07, 6.45) is 1.49. The average molecular weight is 538 g/mol. The predicted molar refractivity (Wildman–Crippen MR) is 129 cm³/mol. The molecule has 9 heteroatoms. The fourth-order valence-electron chi connectivity index (χ4n) is 2.61. The molecule has 0 saturated carbocycles. The van der Waals surface area contributed by atoms with Crippen LogP contribution in [-0.2, 0) is 11.4 Å². The Morgan fingerprint density at radius 3 is 2.56 bits per heavy atom. The number of carbonyl (C=O) groups excluding carboxylic acids is 1. The van der Waals surface area contributed by atoms with E-state index in [4.69, 9.17) is 37.4 Å². The molecule has 3 aromatic rings. The summed E-state index contributed by atoms with van der Waals surface area (Å²) < 4.78 is 17.4. The Morgan fingerprint density at radius 1 is 1.09 bits per heavy atom. The zero-order valence-electron chi connectivity index (χ0n) is 17.0. The molecule has 3 rings (SSSR count). The average Bonchev–Trinajstić information content (AvgIpc) is 2.78. The van der Waals surface area contributed by atoms with Crippen molar-refractivity contribution in [3.63, 3.8) is 0 Å². The number of hydrazone groups is 1. The van der Waals surface area contributed by atoms with E-state index in [0.29, 0.717) is 37.3 Å². The number of methoxy groups -OCH3 is 1. The fourth-order valence-corrected chi connectivity index (χ4v) is 3.50. The molecule has 0 bridgehead atoms. The number of hydrogen-bond donors (Lipinski definition) is 1. The second-order valence-electron chi connectivity index (χ2n) is 6.45. The van der Waals surface area contributed by atoms with Crippen LogP contribution in [0.3, 0.4) is 0 Å². The van der Waals surface area contributed by atoms with E-state index in [0.717, 1.165) is 5.56 Å². The minimum Gasteiger partial charge on any atom is -0.493 e. The highest BCUT2D eigenvalue weighted by Crippen LogP contribution is 2.37. The normalized spacial score (nSPS) is 10.8. The van der Waals surface area contributed by atoms with E-state index in [1.807, 2.05) is 18.2 Å². The first-order valence-electron chi connectivity index (χ1n) is 9.40. The maximum Gasteiger partial charge on any atom is 0.277 e. The highest BCUT2D eigenvalue weighted by Gasteiger charge is 2.12. The molecule has 0 heterocycles. The van der Waals surface area contributed by atoms with Gasteiger partial charge in [-0.05, 0) is 64.0 Å². The van der Waals surface area contributed by atoms with Crippen molar-refractivity contribution in [1.82, 2.24) is 5.43 Å². The van der Waals surface area contributed by atoms with Gasteiger partial charge in [-0.15, -0.1) is 0 Å². The predicted octanol–water partition coefficient (Wildman–Crippen LogP) is 5.87. The van der Waals surface area contributed by atoms with Gasteiger partial charge in [-0.1, -0.05) is 41.4 Å². The van der Waals surface area contributed by atoms with Crippen molar-refractivity contribution in [2.24, 2.45) is 5.10 Å². The van der Waals surface area contributed by atoms with E-state index in [1.165, 1.54) is 6.21 Å². The topological polar surface area (TPSA) is 69.2 Å². The molecule has 3 aromatic carbocycles. The number of rotatable bonds is 9. The van der Waals surface area contributed by atoms with E-state index >= 15 is 0 Å². The van der Waals surface area contributed by atoms with Gasteiger partial charge in [0.25, 0.3) is 5.91 Å². The van der Waals surface area contributed by atoms with Crippen molar-refractivity contribution in [2.45, 2.75) is 6.61 Å². The minimum atomic E-state index is -0.401. The number of hydrogen-bond acceptors (Lipinski definition) is 5. The van der Waals surface area contributed by atoms with Crippen molar-refractivity contribution < 1.29 is 19.0 Å². The summed E-state index contributed by atoms with van der Waals surface area (Å²) in [6, 6.07) is 17.7. The van der Waals surface area contributed by atoms with Crippen LogP contribution in [0.5, 0.6) is 17.2 Å². The SMILES string of the molecule is COc1cc(C=NNC(=O)COc2ccc(Cl)cc2)cc(Br)c1OCc1ccccc1Cl. The van der Waals surface area contributed by atoms with Crippen molar-refractivity contribution >= 4 is 51.3 Å². The van der Waals surface area contributed by atoms with E-state index in [-0.39, 0.29) is 13.2 Å². The first-order chi connectivity index (χ1) is 15.5. The van der Waals surface area contributed by atoms with Crippen LogP contribution >= 0.6 is 39.1 Å². The third-order valence-corrected chi connectivity index (χ3v) is 5.38. The Hall–Kier alpha value is -2.74. The van der Waals surface area contributed by atoms with Crippen LogP contribution in [0.4, 0.5) is 0 Å². The van der Waals surface area contributed by atoms with Gasteiger partial charge in [-0.3, -0.25) is 4.79 Å². The number of nitrogens with zero attached hydrogens (tertiary/aromatic N) is 1. The maximum absolute atomic E-state index is 11.9. The molecule has 0 fully saturated rings. The second-order valence-corrected chi connectivity index (χ2v) is 8.15. The van der Waals surface area contributed by atoms with Crippen LogP contribution in [0.2, 0.25) is 10.0 Å². The zero-order chi connectivity index (χ0) is 22.9. The molecule has 1 amide bonds. The Bertz CT molecular complexity index is 1110. The summed E-state index contributed by atoms with van der Waals surface area (Å²) in [7, 11) is 1.54. The molecule has 32 heavy (non-hydrogen) atoms. The van der Waals surface area contributed by atoms with E-state index in [9.17, 15) is 4.79 Å². The zero-order valence-corrected chi connectivity index (χ0v) is 20.1. The Kier molecular flexibility index (Phi) is 8.79. The molecule has 1 N–H and O–H groups in total. The van der Waals surface area contributed by atoms with Crippen LogP contribution in [0.15, 0.2) is 70.2 Å². The molecule has 166 valence electrons. The van der Waals surface area contributed by atoms with Crippen molar-refractivity contribution in [3.05, 3.63) is 86.3 Å². The van der Waals surface area contributed by atoms with E-state index < -0.39 is 5.91 Å². The van der Waals surface area contributed by atoms with Crippen LogP contribution in [0.1, 0.15) is 11.1 Å². The molecule has 0 aliphatic carbocycles. The molecular formula is C23H19BrCl2N2O4. The van der Waals surface area contributed by atoms with Crippen molar-refractivity contribution in [1.29, 1.82) is 0 Å². The lowest BCUT2D eigenvalue weighted by Gasteiger charge is -2.14. The standard InChI is InChI=1S/C23H19BrCl2N2O4/c1-30-21-11-15(10-19(24)23(21)32-13-16-4-2-3-5-20(16)26)12-27-28-22(29)14-31-18-8-6-17(25)7-9-18/h2-12H,13-14H2,1H3,(H,28,29). The maximum atomic E-state index is 11.9. The molecular weight excluding hydrogens is 519 g/mol. The van der Waals surface area contributed by atoms with E-state index in [1.54, 1.807) is 49.6 Å². The first-order valence-corrected chi connectivity index (χ1v) is 10.9. The van der Waals surface area contributed by atoms with Crippen molar-refractivity contribution in [2.75, 3.05) is 13.7 Å². The molecule has 0 atom stereocenters. The van der Waals surface area contributed by atoms with Crippen LogP contribution in [-0.4, -0.2) is 25.8 Å². The van der Waals surface area contributed by atoms with Crippen LogP contribution in [0, 0.1) is 0 Å². The number of nitrogens with one attached hydrogen (secondary N) is 1. The van der Waals surface area contributed by atoms with Crippen LogP contribution in [0.25, 0.3) is 0 Å². The lowest BCUT2D eigenvalue weighted by molar-refractivity contribution is -0.123. The quantitative estimate of drug-likeness (QED) is 0.273. The molecule has 0 saturated heterocycles. The van der Waals surface area contributed by atoms with E-state index in [2.05, 4.69) is 26.5 Å². The lowest BCUT2D eigenvalue weighted by atomic mass is 10.2. The molecule has 0 aromatic heterocycles. The Morgan fingerprint density at radius 2 is 1.84 bits per heavy atom. The van der Waals surface area contributed by atoms with Gasteiger partial charge in [0.15, 0.2) is 18.1 Å². The summed E-state index contributed by atoms with van der Waals surface area (Å²) in [6.45, 7) is 0.104. The Labute approximate surface area is 204 Å². The molecule has 0 radical (unpaired) electrons. The lowest BCUT2D eigenvalue weighted by Crippen LogP contribution is -2.24. The highest BCUT2D eigenvalue weighted by molar-refractivity contribution is 9.10. The third kappa shape index (κ3) is 6.88. The second kappa shape index (κ2) is 11.8. The van der Waals surface area contributed by atoms with Gasteiger partial charge in [0.2, 0.25) is 0 Å².